The normalized spacial score (nSPS) is 38.3. The van der Waals surface area contributed by atoms with E-state index in [-0.39, 0.29) is 18.1 Å². The fourth-order valence-electron chi connectivity index (χ4n) is 3.24. The number of hydrogen-bond acceptors (Lipinski definition) is 4. The van der Waals surface area contributed by atoms with Crippen LogP contribution >= 0.6 is 0 Å². The minimum absolute atomic E-state index is 0.145. The molecule has 0 aromatic heterocycles. The van der Waals surface area contributed by atoms with Gasteiger partial charge in [0.1, 0.15) is 5.78 Å². The molecule has 0 N–H and O–H groups in total. The van der Waals surface area contributed by atoms with Gasteiger partial charge < -0.3 is 9.47 Å². The minimum atomic E-state index is 0.145. The number of hydrogen-bond donors (Lipinski definition) is 0. The molecule has 18 heavy (non-hydrogen) atoms. The second kappa shape index (κ2) is 6.13. The number of likely N-dealkylation sites (tertiary alicyclic amines) is 1. The largest absolute Gasteiger partial charge is 0.377 e. The standard InChI is InChI=1S/C14H25NO3/c1-10-4-5-12(16)11(6-10)7-15-8-13(17-2)14(9-15)18-3/h10-11,13-14H,4-9H2,1-3H3. The third kappa shape index (κ3) is 3.11. The molecule has 4 nitrogen and oxygen atoms in total. The highest BCUT2D eigenvalue weighted by Gasteiger charge is 2.36. The Labute approximate surface area is 110 Å². The molecule has 0 aromatic carbocycles. The van der Waals surface area contributed by atoms with E-state index in [9.17, 15) is 4.79 Å². The van der Waals surface area contributed by atoms with Gasteiger partial charge in [-0.3, -0.25) is 9.69 Å². The van der Waals surface area contributed by atoms with Gasteiger partial charge in [0.2, 0.25) is 0 Å². The van der Waals surface area contributed by atoms with Gasteiger partial charge in [0, 0.05) is 46.2 Å². The van der Waals surface area contributed by atoms with E-state index in [1.165, 1.54) is 0 Å². The number of carbonyl (C=O) groups is 1. The van der Waals surface area contributed by atoms with Crippen LogP contribution in [0, 0.1) is 11.8 Å². The quantitative estimate of drug-likeness (QED) is 0.760. The zero-order valence-electron chi connectivity index (χ0n) is 11.7. The lowest BCUT2D eigenvalue weighted by Gasteiger charge is -2.29. The van der Waals surface area contributed by atoms with E-state index in [2.05, 4.69) is 11.8 Å². The molecule has 2 rings (SSSR count). The molecule has 1 saturated carbocycles. The predicted molar refractivity (Wildman–Crippen MR) is 69.5 cm³/mol. The number of ketones is 1. The van der Waals surface area contributed by atoms with Gasteiger partial charge in [0.25, 0.3) is 0 Å². The van der Waals surface area contributed by atoms with E-state index in [1.54, 1.807) is 14.2 Å². The van der Waals surface area contributed by atoms with E-state index in [1.807, 2.05) is 0 Å². The zero-order valence-corrected chi connectivity index (χ0v) is 11.7. The van der Waals surface area contributed by atoms with Gasteiger partial charge in [-0.2, -0.15) is 0 Å². The molecular weight excluding hydrogens is 230 g/mol. The highest BCUT2D eigenvalue weighted by molar-refractivity contribution is 5.81. The number of Topliss-reactive ketones (excluding diaryl/α,β-unsaturated/α-hetero) is 1. The highest BCUT2D eigenvalue weighted by atomic mass is 16.5. The first kappa shape index (κ1) is 14.0. The third-order valence-electron chi connectivity index (χ3n) is 4.40. The van der Waals surface area contributed by atoms with Gasteiger partial charge in [-0.15, -0.1) is 0 Å². The van der Waals surface area contributed by atoms with Crippen LogP contribution in [0.25, 0.3) is 0 Å². The molecule has 4 unspecified atom stereocenters. The van der Waals surface area contributed by atoms with Crippen LogP contribution in [0.3, 0.4) is 0 Å². The maximum Gasteiger partial charge on any atom is 0.137 e. The first-order valence-corrected chi connectivity index (χ1v) is 6.94. The third-order valence-corrected chi connectivity index (χ3v) is 4.40. The van der Waals surface area contributed by atoms with Crippen molar-refractivity contribution in [1.82, 2.24) is 4.90 Å². The summed E-state index contributed by atoms with van der Waals surface area (Å²) in [7, 11) is 3.46. The van der Waals surface area contributed by atoms with Crippen molar-refractivity contribution in [2.45, 2.75) is 38.4 Å². The van der Waals surface area contributed by atoms with E-state index in [0.29, 0.717) is 11.7 Å². The lowest BCUT2D eigenvalue weighted by atomic mass is 9.81. The Morgan fingerprint density at radius 1 is 1.22 bits per heavy atom. The average molecular weight is 255 g/mol. The Morgan fingerprint density at radius 3 is 2.39 bits per heavy atom. The van der Waals surface area contributed by atoms with Crippen molar-refractivity contribution in [1.29, 1.82) is 0 Å². The summed E-state index contributed by atoms with van der Waals surface area (Å²) in [5, 5.41) is 0. The van der Waals surface area contributed by atoms with Gasteiger partial charge in [0.15, 0.2) is 0 Å². The molecule has 1 aliphatic heterocycles. The fourth-order valence-corrected chi connectivity index (χ4v) is 3.24. The molecule has 2 aliphatic rings. The van der Waals surface area contributed by atoms with Gasteiger partial charge >= 0.3 is 0 Å². The molecule has 1 saturated heterocycles. The van der Waals surface area contributed by atoms with E-state index < -0.39 is 0 Å². The van der Waals surface area contributed by atoms with Crippen LogP contribution in [0.15, 0.2) is 0 Å². The number of ether oxygens (including phenoxy) is 2. The monoisotopic (exact) mass is 255 g/mol. The summed E-state index contributed by atoms with van der Waals surface area (Å²) in [5.74, 6) is 1.36. The van der Waals surface area contributed by atoms with Gasteiger partial charge in [-0.25, -0.2) is 0 Å². The van der Waals surface area contributed by atoms with Crippen LogP contribution in [0.4, 0.5) is 0 Å². The average Bonchev–Trinajstić information content (AvgIpc) is 2.76. The van der Waals surface area contributed by atoms with Gasteiger partial charge in [-0.05, 0) is 18.8 Å². The van der Waals surface area contributed by atoms with Crippen LogP contribution in [-0.2, 0) is 14.3 Å². The van der Waals surface area contributed by atoms with Crippen LogP contribution in [0.5, 0.6) is 0 Å². The van der Waals surface area contributed by atoms with Crippen LogP contribution in [0.2, 0.25) is 0 Å². The lowest BCUT2D eigenvalue weighted by molar-refractivity contribution is -0.126. The smallest absolute Gasteiger partial charge is 0.137 e. The number of carbonyl (C=O) groups excluding carboxylic acids is 1. The fraction of sp³-hybridized carbons (Fsp3) is 0.929. The van der Waals surface area contributed by atoms with Gasteiger partial charge in [0.05, 0.1) is 12.2 Å². The molecule has 104 valence electrons. The Kier molecular flexibility index (Phi) is 4.76. The maximum absolute atomic E-state index is 11.9. The number of methoxy groups -OCH3 is 2. The lowest BCUT2D eigenvalue weighted by Crippen LogP contribution is -2.35. The molecular formula is C14H25NO3. The zero-order chi connectivity index (χ0) is 13.1. The van der Waals surface area contributed by atoms with Crippen LogP contribution in [-0.4, -0.2) is 56.7 Å². The minimum Gasteiger partial charge on any atom is -0.377 e. The second-order valence-electron chi connectivity index (χ2n) is 5.81. The molecule has 4 atom stereocenters. The Bertz CT molecular complexity index is 283. The first-order valence-electron chi connectivity index (χ1n) is 6.94. The molecule has 0 amide bonds. The summed E-state index contributed by atoms with van der Waals surface area (Å²) in [5.41, 5.74) is 0. The molecule has 1 heterocycles. The molecule has 0 aromatic rings. The van der Waals surface area contributed by atoms with Crippen molar-refractivity contribution in [3.63, 3.8) is 0 Å². The summed E-state index contributed by atoms with van der Waals surface area (Å²) in [6.07, 6.45) is 3.17. The second-order valence-corrected chi connectivity index (χ2v) is 5.81. The van der Waals surface area contributed by atoms with E-state index in [4.69, 9.17) is 9.47 Å². The molecule has 1 aliphatic carbocycles. The Morgan fingerprint density at radius 2 is 1.83 bits per heavy atom. The van der Waals surface area contributed by atoms with Crippen molar-refractivity contribution in [2.75, 3.05) is 33.9 Å². The summed E-state index contributed by atoms with van der Waals surface area (Å²) in [6.45, 7) is 4.89. The molecule has 0 spiro atoms. The highest BCUT2D eigenvalue weighted by Crippen LogP contribution is 2.28. The predicted octanol–water partition coefficient (Wildman–Crippen LogP) is 1.34. The first-order chi connectivity index (χ1) is 8.63. The van der Waals surface area contributed by atoms with Crippen LogP contribution < -0.4 is 0 Å². The number of nitrogens with zero attached hydrogens (tertiary/aromatic N) is 1. The van der Waals surface area contributed by atoms with Crippen molar-refractivity contribution < 1.29 is 14.3 Å². The Hall–Kier alpha value is -0.450. The molecule has 4 heteroatoms. The van der Waals surface area contributed by atoms with Crippen LogP contribution in [0.1, 0.15) is 26.2 Å². The van der Waals surface area contributed by atoms with Crippen molar-refractivity contribution >= 4 is 5.78 Å². The summed E-state index contributed by atoms with van der Waals surface area (Å²) in [6, 6.07) is 0. The maximum atomic E-state index is 11.9. The van der Waals surface area contributed by atoms with Crippen molar-refractivity contribution in [3.8, 4) is 0 Å². The molecule has 2 fully saturated rings. The SMILES string of the molecule is COC1CN(CC2CC(C)CCC2=O)CC1OC. The number of rotatable bonds is 4. The summed E-state index contributed by atoms with van der Waals surface area (Å²) < 4.78 is 10.9. The van der Waals surface area contributed by atoms with Crippen molar-refractivity contribution in [3.05, 3.63) is 0 Å². The van der Waals surface area contributed by atoms with Crippen molar-refractivity contribution in [2.24, 2.45) is 11.8 Å². The van der Waals surface area contributed by atoms with Gasteiger partial charge in [-0.1, -0.05) is 6.92 Å². The topological polar surface area (TPSA) is 38.8 Å². The summed E-state index contributed by atoms with van der Waals surface area (Å²) >= 11 is 0. The van der Waals surface area contributed by atoms with E-state index >= 15 is 0 Å². The summed E-state index contributed by atoms with van der Waals surface area (Å²) in [4.78, 5) is 14.3. The van der Waals surface area contributed by atoms with E-state index in [0.717, 1.165) is 38.9 Å². The Balaban J connectivity index is 1.88. The molecule has 0 radical (unpaired) electrons. The molecule has 0 bridgehead atoms.